The summed E-state index contributed by atoms with van der Waals surface area (Å²) < 4.78 is 12.1. The molecule has 1 amide bonds. The number of hydrogen-bond donors (Lipinski definition) is 3. The second-order valence-corrected chi connectivity index (χ2v) is 11.0. The van der Waals surface area contributed by atoms with Crippen LogP contribution in [0.25, 0.3) is 0 Å². The van der Waals surface area contributed by atoms with Crippen molar-refractivity contribution in [1.29, 1.82) is 0 Å². The number of aliphatic hydroxyl groups is 2. The molecule has 0 aromatic heterocycles. The van der Waals surface area contributed by atoms with E-state index in [2.05, 4.69) is 27.2 Å². The first-order valence-electron chi connectivity index (χ1n) is 13.1. The summed E-state index contributed by atoms with van der Waals surface area (Å²) in [6.45, 7) is 5.93. The van der Waals surface area contributed by atoms with Crippen molar-refractivity contribution in [3.63, 3.8) is 0 Å². The molecule has 3 heterocycles. The Morgan fingerprint density at radius 2 is 1.94 bits per heavy atom. The molecule has 0 aliphatic carbocycles. The lowest BCUT2D eigenvalue weighted by Crippen LogP contribution is -2.61. The van der Waals surface area contributed by atoms with Crippen LogP contribution in [0.2, 0.25) is 0 Å². The van der Waals surface area contributed by atoms with Crippen molar-refractivity contribution in [2.24, 2.45) is 0 Å². The highest BCUT2D eigenvalue weighted by atomic mass is 16.6. The van der Waals surface area contributed by atoms with Gasteiger partial charge in [0.25, 0.3) is 0 Å². The van der Waals surface area contributed by atoms with Crippen molar-refractivity contribution >= 4 is 5.91 Å². The lowest BCUT2D eigenvalue weighted by molar-refractivity contribution is -0.250. The summed E-state index contributed by atoms with van der Waals surface area (Å²) in [5, 5.41) is 25.9. The Bertz CT molecular complexity index is 833. The molecule has 1 aromatic carbocycles. The molecule has 196 valence electrons. The monoisotopic (exact) mass is 489 g/mol. The predicted octanol–water partition coefficient (Wildman–Crippen LogP) is 1.36. The standard InChI is InChI=1S/C27H43N3O5/c1-26-17-21(20-7-5-4-6-8-20)18-27(35-26,11-9-22(25(26)33)29(2)3)23(31)19-28-24(32)10-12-30-13-15-34-16-14-30/h4-8,21-23,25,31,33H,9-19H2,1-3H3,(H,28,32)/t21-,22-,23?,25+,26+,27+/m1/s1. The fourth-order valence-electron chi connectivity index (χ4n) is 6.26. The second-order valence-electron chi connectivity index (χ2n) is 11.0. The smallest absolute Gasteiger partial charge is 0.221 e. The van der Waals surface area contributed by atoms with Gasteiger partial charge in [0.15, 0.2) is 0 Å². The molecule has 8 nitrogen and oxygen atoms in total. The van der Waals surface area contributed by atoms with Gasteiger partial charge in [-0.3, -0.25) is 9.69 Å². The van der Waals surface area contributed by atoms with Crippen molar-refractivity contribution in [3.05, 3.63) is 35.9 Å². The van der Waals surface area contributed by atoms with E-state index in [4.69, 9.17) is 9.47 Å². The van der Waals surface area contributed by atoms with E-state index in [-0.39, 0.29) is 24.4 Å². The highest BCUT2D eigenvalue weighted by Crippen LogP contribution is 2.51. The molecule has 2 bridgehead atoms. The molecule has 1 unspecified atom stereocenters. The molecule has 6 atom stereocenters. The fourth-order valence-corrected chi connectivity index (χ4v) is 6.26. The fraction of sp³-hybridized carbons (Fsp3) is 0.741. The highest BCUT2D eigenvalue weighted by molar-refractivity contribution is 5.76. The summed E-state index contributed by atoms with van der Waals surface area (Å²) in [4.78, 5) is 16.9. The van der Waals surface area contributed by atoms with Crippen LogP contribution in [0.15, 0.2) is 30.3 Å². The molecule has 0 saturated carbocycles. The van der Waals surface area contributed by atoms with E-state index in [1.165, 1.54) is 5.56 Å². The number of nitrogens with one attached hydrogen (secondary N) is 1. The Morgan fingerprint density at radius 1 is 1.23 bits per heavy atom. The number of likely N-dealkylation sites (N-methyl/N-ethyl adjacent to an activating group) is 1. The number of ether oxygens (including phenoxy) is 2. The second kappa shape index (κ2) is 11.2. The van der Waals surface area contributed by atoms with Crippen LogP contribution in [0.1, 0.15) is 50.5 Å². The lowest BCUT2D eigenvalue weighted by Gasteiger charge is -2.52. The number of fused-ring (bicyclic) bond motifs is 2. The molecular weight excluding hydrogens is 446 g/mol. The van der Waals surface area contributed by atoms with E-state index in [9.17, 15) is 15.0 Å². The number of amides is 1. The Balaban J connectivity index is 1.48. The molecule has 1 aromatic rings. The zero-order chi connectivity index (χ0) is 25.1. The summed E-state index contributed by atoms with van der Waals surface area (Å²) in [6, 6.07) is 10.3. The van der Waals surface area contributed by atoms with Gasteiger partial charge < -0.3 is 29.9 Å². The van der Waals surface area contributed by atoms with Crippen molar-refractivity contribution in [3.8, 4) is 0 Å². The first-order chi connectivity index (χ1) is 16.7. The van der Waals surface area contributed by atoms with Crippen molar-refractivity contribution in [2.45, 2.75) is 74.4 Å². The highest BCUT2D eigenvalue weighted by Gasteiger charge is 2.57. The van der Waals surface area contributed by atoms with Crippen molar-refractivity contribution in [2.75, 3.05) is 53.5 Å². The third-order valence-corrected chi connectivity index (χ3v) is 8.33. The molecule has 8 heteroatoms. The maximum atomic E-state index is 12.6. The molecule has 4 rings (SSSR count). The van der Waals surface area contributed by atoms with Crippen LogP contribution >= 0.6 is 0 Å². The summed E-state index contributed by atoms with van der Waals surface area (Å²) in [5.74, 6) is 0.0853. The number of benzene rings is 1. The zero-order valence-electron chi connectivity index (χ0n) is 21.5. The summed E-state index contributed by atoms with van der Waals surface area (Å²) in [5.41, 5.74) is -0.439. The van der Waals surface area contributed by atoms with Crippen LogP contribution in [0.3, 0.4) is 0 Å². The van der Waals surface area contributed by atoms with Crippen LogP contribution in [0.4, 0.5) is 0 Å². The minimum Gasteiger partial charge on any atom is -0.388 e. The van der Waals surface area contributed by atoms with Gasteiger partial charge in [-0.25, -0.2) is 0 Å². The average molecular weight is 490 g/mol. The van der Waals surface area contributed by atoms with Gasteiger partial charge in [-0.2, -0.15) is 0 Å². The van der Waals surface area contributed by atoms with Gasteiger partial charge in [0.1, 0.15) is 6.10 Å². The molecule has 0 spiro atoms. The van der Waals surface area contributed by atoms with Gasteiger partial charge in [0.05, 0.1) is 30.5 Å². The van der Waals surface area contributed by atoms with Crippen LogP contribution < -0.4 is 5.32 Å². The van der Waals surface area contributed by atoms with Crippen LogP contribution in [-0.2, 0) is 14.3 Å². The minimum absolute atomic E-state index is 0.0632. The summed E-state index contributed by atoms with van der Waals surface area (Å²) in [7, 11) is 3.97. The summed E-state index contributed by atoms with van der Waals surface area (Å²) in [6.07, 6.45) is 1.53. The Labute approximate surface area is 209 Å². The number of carbonyl (C=O) groups excluding carboxylic acids is 1. The van der Waals surface area contributed by atoms with Crippen LogP contribution in [0, 0.1) is 0 Å². The van der Waals surface area contributed by atoms with Gasteiger partial charge >= 0.3 is 0 Å². The van der Waals surface area contributed by atoms with Gasteiger partial charge in [-0.1, -0.05) is 30.3 Å². The molecule has 0 radical (unpaired) electrons. The molecule has 3 fully saturated rings. The topological polar surface area (TPSA) is 94.5 Å². The van der Waals surface area contributed by atoms with E-state index in [1.54, 1.807) is 0 Å². The lowest BCUT2D eigenvalue weighted by atomic mass is 9.72. The molecule has 3 aliphatic rings. The number of morpholine rings is 1. The quantitative estimate of drug-likeness (QED) is 0.508. The third kappa shape index (κ3) is 6.06. The first-order valence-corrected chi connectivity index (χ1v) is 13.1. The molecule has 35 heavy (non-hydrogen) atoms. The summed E-state index contributed by atoms with van der Waals surface area (Å²) >= 11 is 0. The third-order valence-electron chi connectivity index (χ3n) is 8.33. The zero-order valence-corrected chi connectivity index (χ0v) is 21.5. The van der Waals surface area contributed by atoms with Gasteiger partial charge in [0.2, 0.25) is 5.91 Å². The van der Waals surface area contributed by atoms with Gasteiger partial charge in [-0.15, -0.1) is 0 Å². The van der Waals surface area contributed by atoms with E-state index in [0.29, 0.717) is 51.9 Å². The maximum absolute atomic E-state index is 12.6. The molecule has 3 N–H and O–H groups in total. The molecule has 3 saturated heterocycles. The number of rotatable bonds is 8. The Morgan fingerprint density at radius 3 is 2.63 bits per heavy atom. The van der Waals surface area contributed by atoms with Crippen molar-refractivity contribution < 1.29 is 24.5 Å². The normalized spacial score (nSPS) is 34.9. The number of aliphatic hydroxyl groups excluding tert-OH is 2. The van der Waals surface area contributed by atoms with Gasteiger partial charge in [0, 0.05) is 38.6 Å². The first kappa shape index (κ1) is 26.5. The van der Waals surface area contributed by atoms with Gasteiger partial charge in [-0.05, 0) is 58.2 Å². The molecule has 3 aliphatic heterocycles. The predicted molar refractivity (Wildman–Crippen MR) is 134 cm³/mol. The van der Waals surface area contributed by atoms with Crippen LogP contribution in [-0.4, -0.2) is 109 Å². The van der Waals surface area contributed by atoms with E-state index in [0.717, 1.165) is 13.1 Å². The Hall–Kier alpha value is -1.55. The average Bonchev–Trinajstić information content (AvgIpc) is 2.94. The Kier molecular flexibility index (Phi) is 8.51. The maximum Gasteiger partial charge on any atom is 0.221 e. The number of hydrogen-bond acceptors (Lipinski definition) is 7. The SMILES string of the molecule is CN(C)[C@@H]1CC[C@@]2(C(O)CNC(=O)CCN3CCOCC3)C[C@H](c3ccccc3)C[C@](C)(O2)[C@H]1O. The number of carbonyl (C=O) groups is 1. The van der Waals surface area contributed by atoms with E-state index >= 15 is 0 Å². The van der Waals surface area contributed by atoms with E-state index in [1.807, 2.05) is 39.2 Å². The van der Waals surface area contributed by atoms with E-state index < -0.39 is 23.4 Å². The number of nitrogens with zero attached hydrogens (tertiary/aromatic N) is 2. The largest absolute Gasteiger partial charge is 0.388 e. The van der Waals surface area contributed by atoms with Crippen molar-refractivity contribution in [1.82, 2.24) is 15.1 Å². The molecular formula is C27H43N3O5. The minimum atomic E-state index is -0.867. The van der Waals surface area contributed by atoms with Crippen LogP contribution in [0.5, 0.6) is 0 Å².